The van der Waals surface area contributed by atoms with Crippen molar-refractivity contribution in [2.75, 3.05) is 12.3 Å². The summed E-state index contributed by atoms with van der Waals surface area (Å²) in [5.74, 6) is 0.731. The van der Waals surface area contributed by atoms with Gasteiger partial charge in [0, 0.05) is 23.2 Å². The van der Waals surface area contributed by atoms with Crippen molar-refractivity contribution in [3.8, 4) is 0 Å². The molecule has 106 valence electrons. The number of rotatable bonds is 1. The maximum atomic E-state index is 12.4. The minimum Gasteiger partial charge on any atom is -0.398 e. The van der Waals surface area contributed by atoms with Crippen molar-refractivity contribution in [3.05, 3.63) is 40.4 Å². The highest BCUT2D eigenvalue weighted by Gasteiger charge is 2.24. The number of hydrogen-bond donors (Lipinski definition) is 1. The van der Waals surface area contributed by atoms with E-state index in [4.69, 9.17) is 5.73 Å². The highest BCUT2D eigenvalue weighted by atomic mass is 79.9. The van der Waals surface area contributed by atoms with Gasteiger partial charge in [-0.3, -0.25) is 4.79 Å². The minimum atomic E-state index is -0.0701. The molecule has 1 aromatic heterocycles. The molecule has 0 unspecified atom stereocenters. The lowest BCUT2D eigenvalue weighted by Gasteiger charge is -2.27. The first-order valence-corrected chi connectivity index (χ1v) is 6.65. The van der Waals surface area contributed by atoms with E-state index in [9.17, 15) is 4.79 Å². The molecule has 0 atom stereocenters. The molecular weight excluding hydrogens is 346 g/mol. The number of nitrogens with zero attached hydrogens (tertiary/aromatic N) is 4. The molecule has 1 aromatic carbocycles. The van der Waals surface area contributed by atoms with E-state index >= 15 is 0 Å². The molecule has 0 aliphatic carbocycles. The van der Waals surface area contributed by atoms with Crippen molar-refractivity contribution >= 4 is 39.9 Å². The van der Waals surface area contributed by atoms with Crippen molar-refractivity contribution in [2.24, 2.45) is 0 Å². The summed E-state index contributed by atoms with van der Waals surface area (Å²) in [5, 5.41) is 7.84. The van der Waals surface area contributed by atoms with E-state index in [0.29, 0.717) is 30.9 Å². The van der Waals surface area contributed by atoms with Gasteiger partial charge in [0.05, 0.1) is 12.1 Å². The zero-order valence-corrected chi connectivity index (χ0v) is 12.9. The van der Waals surface area contributed by atoms with Crippen LogP contribution in [-0.2, 0) is 13.1 Å². The molecule has 20 heavy (non-hydrogen) atoms. The zero-order valence-electron chi connectivity index (χ0n) is 10.5. The highest BCUT2D eigenvalue weighted by Crippen LogP contribution is 2.21. The number of nitrogens with two attached hydrogens (primary N) is 1. The van der Waals surface area contributed by atoms with Gasteiger partial charge in [0.2, 0.25) is 0 Å². The Labute approximate surface area is 130 Å². The van der Waals surface area contributed by atoms with Crippen LogP contribution in [0, 0.1) is 0 Å². The van der Waals surface area contributed by atoms with Crippen molar-refractivity contribution in [2.45, 2.75) is 13.1 Å². The van der Waals surface area contributed by atoms with E-state index in [1.165, 1.54) is 0 Å². The number of benzene rings is 1. The van der Waals surface area contributed by atoms with E-state index in [0.717, 1.165) is 10.3 Å². The lowest BCUT2D eigenvalue weighted by molar-refractivity contribution is 0.0708. The lowest BCUT2D eigenvalue weighted by atomic mass is 10.1. The molecule has 0 spiro atoms. The summed E-state index contributed by atoms with van der Waals surface area (Å²) in [5.41, 5.74) is 6.90. The molecule has 8 heteroatoms. The molecule has 3 rings (SSSR count). The normalized spacial score (nSPS) is 13.6. The van der Waals surface area contributed by atoms with Gasteiger partial charge in [0.1, 0.15) is 6.33 Å². The summed E-state index contributed by atoms with van der Waals surface area (Å²) in [7, 11) is 0. The molecule has 1 aliphatic heterocycles. The second-order valence-corrected chi connectivity index (χ2v) is 5.31. The Morgan fingerprint density at radius 1 is 1.35 bits per heavy atom. The van der Waals surface area contributed by atoms with Crippen molar-refractivity contribution in [1.29, 1.82) is 0 Å². The van der Waals surface area contributed by atoms with Gasteiger partial charge >= 0.3 is 0 Å². The summed E-state index contributed by atoms with van der Waals surface area (Å²) in [6.45, 7) is 1.82. The first-order chi connectivity index (χ1) is 9.15. The summed E-state index contributed by atoms with van der Waals surface area (Å²) >= 11 is 3.33. The van der Waals surface area contributed by atoms with E-state index < -0.39 is 0 Å². The van der Waals surface area contributed by atoms with Gasteiger partial charge in [0.15, 0.2) is 5.82 Å². The SMILES string of the molecule is Cl.Nc1cc(Br)ccc1C(=O)N1CCn2cnnc2C1. The fourth-order valence-corrected chi connectivity index (χ4v) is 2.52. The molecule has 0 bridgehead atoms. The average Bonchev–Trinajstić information content (AvgIpc) is 2.85. The van der Waals surface area contributed by atoms with E-state index in [1.807, 2.05) is 10.6 Å². The molecule has 0 radical (unpaired) electrons. The third-order valence-electron chi connectivity index (χ3n) is 3.17. The molecule has 0 fully saturated rings. The van der Waals surface area contributed by atoms with Crippen LogP contribution in [0.4, 0.5) is 5.69 Å². The summed E-state index contributed by atoms with van der Waals surface area (Å²) < 4.78 is 2.81. The zero-order chi connectivity index (χ0) is 13.4. The maximum Gasteiger partial charge on any atom is 0.256 e. The number of hydrogen-bond acceptors (Lipinski definition) is 4. The van der Waals surface area contributed by atoms with Crippen LogP contribution >= 0.6 is 28.3 Å². The molecule has 1 amide bonds. The van der Waals surface area contributed by atoms with Crippen LogP contribution in [0.3, 0.4) is 0 Å². The second-order valence-electron chi connectivity index (χ2n) is 4.40. The highest BCUT2D eigenvalue weighted by molar-refractivity contribution is 9.10. The maximum absolute atomic E-state index is 12.4. The van der Waals surface area contributed by atoms with Gasteiger partial charge in [-0.2, -0.15) is 0 Å². The fourth-order valence-electron chi connectivity index (χ4n) is 2.14. The van der Waals surface area contributed by atoms with Crippen LogP contribution in [-0.4, -0.2) is 32.1 Å². The average molecular weight is 359 g/mol. The molecule has 1 aliphatic rings. The van der Waals surface area contributed by atoms with Gasteiger partial charge in [0.25, 0.3) is 5.91 Å². The van der Waals surface area contributed by atoms with Crippen LogP contribution in [0.2, 0.25) is 0 Å². The topological polar surface area (TPSA) is 77.0 Å². The molecule has 2 aromatic rings. The van der Waals surface area contributed by atoms with Gasteiger partial charge in [-0.05, 0) is 18.2 Å². The van der Waals surface area contributed by atoms with E-state index in [1.54, 1.807) is 23.4 Å². The Bertz CT molecular complexity index is 645. The molecule has 2 N–H and O–H groups in total. The third-order valence-corrected chi connectivity index (χ3v) is 3.66. The number of aromatic nitrogens is 3. The minimum absolute atomic E-state index is 0. The van der Waals surface area contributed by atoms with Crippen LogP contribution < -0.4 is 5.73 Å². The molecule has 2 heterocycles. The quantitative estimate of drug-likeness (QED) is 0.787. The summed E-state index contributed by atoms with van der Waals surface area (Å²) in [6, 6.07) is 5.29. The first kappa shape index (κ1) is 14.8. The smallest absolute Gasteiger partial charge is 0.256 e. The van der Waals surface area contributed by atoms with Crippen LogP contribution in [0.5, 0.6) is 0 Å². The molecular formula is C12H13BrClN5O. The van der Waals surface area contributed by atoms with Crippen molar-refractivity contribution < 1.29 is 4.79 Å². The Morgan fingerprint density at radius 3 is 2.90 bits per heavy atom. The number of carbonyl (C=O) groups is 1. The first-order valence-electron chi connectivity index (χ1n) is 5.86. The van der Waals surface area contributed by atoms with Crippen LogP contribution in [0.15, 0.2) is 29.0 Å². The number of anilines is 1. The van der Waals surface area contributed by atoms with E-state index in [2.05, 4.69) is 26.1 Å². The van der Waals surface area contributed by atoms with Crippen LogP contribution in [0.25, 0.3) is 0 Å². The standard InChI is InChI=1S/C12H12BrN5O.ClH/c13-8-1-2-9(10(14)5-8)12(19)17-3-4-18-7-15-16-11(18)6-17;/h1-2,5,7H,3-4,6,14H2;1H. The van der Waals surface area contributed by atoms with Gasteiger partial charge < -0.3 is 15.2 Å². The Balaban J connectivity index is 0.00000147. The summed E-state index contributed by atoms with van der Waals surface area (Å²) in [6.07, 6.45) is 1.69. The van der Waals surface area contributed by atoms with Gasteiger partial charge in [-0.1, -0.05) is 15.9 Å². The summed E-state index contributed by atoms with van der Waals surface area (Å²) in [4.78, 5) is 14.2. The second kappa shape index (κ2) is 5.80. The molecule has 0 saturated carbocycles. The van der Waals surface area contributed by atoms with Gasteiger partial charge in [-0.15, -0.1) is 22.6 Å². The number of halogens is 2. The van der Waals surface area contributed by atoms with Crippen molar-refractivity contribution in [1.82, 2.24) is 19.7 Å². The monoisotopic (exact) mass is 357 g/mol. The molecule has 0 saturated heterocycles. The number of fused-ring (bicyclic) bond motifs is 1. The Kier molecular flexibility index (Phi) is 4.29. The van der Waals surface area contributed by atoms with Crippen molar-refractivity contribution in [3.63, 3.8) is 0 Å². The number of carbonyl (C=O) groups excluding carboxylic acids is 1. The largest absolute Gasteiger partial charge is 0.398 e. The molecule has 6 nitrogen and oxygen atoms in total. The third kappa shape index (κ3) is 2.64. The Morgan fingerprint density at radius 2 is 2.15 bits per heavy atom. The Hall–Kier alpha value is -1.60. The van der Waals surface area contributed by atoms with Gasteiger partial charge in [-0.25, -0.2) is 0 Å². The lowest BCUT2D eigenvalue weighted by Crippen LogP contribution is -2.38. The van der Waals surface area contributed by atoms with Crippen LogP contribution in [0.1, 0.15) is 16.2 Å². The van der Waals surface area contributed by atoms with E-state index in [-0.39, 0.29) is 18.3 Å². The predicted octanol–water partition coefficient (Wildman–Crippen LogP) is 1.70. The number of amides is 1. The number of nitrogen functional groups attached to an aromatic ring is 1. The predicted molar refractivity (Wildman–Crippen MR) is 80.6 cm³/mol. The fraction of sp³-hybridized carbons (Fsp3) is 0.250.